The Labute approximate surface area is 191 Å². The van der Waals surface area contributed by atoms with Gasteiger partial charge in [-0.25, -0.2) is 0 Å². The van der Waals surface area contributed by atoms with Crippen LogP contribution in [0, 0.1) is 5.92 Å². The summed E-state index contributed by atoms with van der Waals surface area (Å²) in [4.78, 5) is 27.2. The molecule has 1 aromatic carbocycles. The fourth-order valence-electron chi connectivity index (χ4n) is 4.78. The summed E-state index contributed by atoms with van der Waals surface area (Å²) in [7, 11) is 0. The number of hydrogen-bond donors (Lipinski definition) is 1. The first-order valence-corrected chi connectivity index (χ1v) is 12.1. The lowest BCUT2D eigenvalue weighted by Crippen LogP contribution is -2.63. The zero-order chi connectivity index (χ0) is 21.6. The number of nitrogens with zero attached hydrogens (tertiary/aromatic N) is 2. The van der Waals surface area contributed by atoms with Crippen LogP contribution in [0.5, 0.6) is 0 Å². The second-order valence-electron chi connectivity index (χ2n) is 8.85. The SMILES string of the molecule is CC1CCC(NC(=O)C2(Cl)Cn3c(cc4sccc43)C(=O)N2Cc2ccccc2)CC1. The van der Waals surface area contributed by atoms with E-state index in [4.69, 9.17) is 11.6 Å². The molecule has 2 aromatic heterocycles. The van der Waals surface area contributed by atoms with Crippen molar-refractivity contribution in [3.05, 3.63) is 59.1 Å². The van der Waals surface area contributed by atoms with Gasteiger partial charge in [-0.3, -0.25) is 9.59 Å². The maximum Gasteiger partial charge on any atom is 0.272 e. The molecule has 7 heteroatoms. The monoisotopic (exact) mass is 455 g/mol. The Balaban J connectivity index is 1.50. The largest absolute Gasteiger partial charge is 0.350 e. The Morgan fingerprint density at radius 3 is 2.68 bits per heavy atom. The summed E-state index contributed by atoms with van der Waals surface area (Å²) in [5, 5.41) is 5.17. The van der Waals surface area contributed by atoms with Crippen molar-refractivity contribution in [1.29, 1.82) is 0 Å². The highest BCUT2D eigenvalue weighted by molar-refractivity contribution is 7.17. The number of carbonyl (C=O) groups is 2. The van der Waals surface area contributed by atoms with Crippen LogP contribution in [-0.4, -0.2) is 32.3 Å². The van der Waals surface area contributed by atoms with Crippen LogP contribution in [0.15, 0.2) is 47.8 Å². The van der Waals surface area contributed by atoms with Crippen LogP contribution in [0.4, 0.5) is 0 Å². The van der Waals surface area contributed by atoms with Crippen molar-refractivity contribution in [3.8, 4) is 0 Å². The minimum Gasteiger partial charge on any atom is -0.350 e. The molecule has 1 fully saturated rings. The summed E-state index contributed by atoms with van der Waals surface area (Å²) in [6.45, 7) is 2.77. The van der Waals surface area contributed by atoms with Gasteiger partial charge in [0.05, 0.1) is 16.8 Å². The van der Waals surface area contributed by atoms with Crippen LogP contribution in [0.3, 0.4) is 0 Å². The maximum atomic E-state index is 13.6. The molecular formula is C24H26ClN3O2S. The summed E-state index contributed by atoms with van der Waals surface area (Å²) in [5.41, 5.74) is 2.49. The summed E-state index contributed by atoms with van der Waals surface area (Å²) >= 11 is 8.70. The molecule has 3 aromatic rings. The van der Waals surface area contributed by atoms with Crippen molar-refractivity contribution in [2.45, 2.75) is 56.7 Å². The zero-order valence-corrected chi connectivity index (χ0v) is 19.1. The Morgan fingerprint density at radius 2 is 1.94 bits per heavy atom. The van der Waals surface area contributed by atoms with Crippen LogP contribution in [0.25, 0.3) is 10.2 Å². The summed E-state index contributed by atoms with van der Waals surface area (Å²) < 4.78 is 2.94. The van der Waals surface area contributed by atoms with E-state index in [2.05, 4.69) is 12.2 Å². The average molecular weight is 456 g/mol. The second-order valence-corrected chi connectivity index (χ2v) is 10.4. The van der Waals surface area contributed by atoms with Gasteiger partial charge in [0.1, 0.15) is 5.69 Å². The minimum atomic E-state index is -1.48. The number of benzene rings is 1. The lowest BCUT2D eigenvalue weighted by Gasteiger charge is -2.43. The van der Waals surface area contributed by atoms with Crippen LogP contribution in [0.2, 0.25) is 0 Å². The van der Waals surface area contributed by atoms with Gasteiger partial charge < -0.3 is 14.8 Å². The molecule has 5 rings (SSSR count). The average Bonchev–Trinajstić information content (AvgIpc) is 3.36. The van der Waals surface area contributed by atoms with Gasteiger partial charge in [0.2, 0.25) is 5.00 Å². The van der Waals surface area contributed by atoms with E-state index in [1.807, 2.05) is 52.4 Å². The number of alkyl halides is 1. The molecule has 1 atom stereocenters. The van der Waals surface area contributed by atoms with Gasteiger partial charge in [0, 0.05) is 12.6 Å². The molecule has 1 N–H and O–H groups in total. The highest BCUT2D eigenvalue weighted by Gasteiger charge is 2.50. The number of hydrogen-bond acceptors (Lipinski definition) is 3. The smallest absolute Gasteiger partial charge is 0.272 e. The molecule has 3 heterocycles. The van der Waals surface area contributed by atoms with Crippen LogP contribution < -0.4 is 5.32 Å². The Bertz CT molecular complexity index is 1120. The van der Waals surface area contributed by atoms with Crippen molar-refractivity contribution in [2.24, 2.45) is 5.92 Å². The molecule has 1 aliphatic carbocycles. The Morgan fingerprint density at radius 1 is 1.19 bits per heavy atom. The van der Waals surface area contributed by atoms with E-state index < -0.39 is 5.00 Å². The zero-order valence-electron chi connectivity index (χ0n) is 17.5. The van der Waals surface area contributed by atoms with E-state index in [1.165, 1.54) is 0 Å². The molecular weight excluding hydrogens is 430 g/mol. The molecule has 162 valence electrons. The number of thiophene rings is 1. The van der Waals surface area contributed by atoms with Gasteiger partial charge in [-0.05, 0) is 54.7 Å². The lowest BCUT2D eigenvalue weighted by atomic mass is 9.87. The predicted octanol–water partition coefficient (Wildman–Crippen LogP) is 4.99. The van der Waals surface area contributed by atoms with Gasteiger partial charge in [-0.15, -0.1) is 11.3 Å². The molecule has 0 spiro atoms. The third-order valence-electron chi connectivity index (χ3n) is 6.67. The molecule has 2 aliphatic rings. The highest BCUT2D eigenvalue weighted by atomic mass is 35.5. The Hall–Kier alpha value is -2.31. The van der Waals surface area contributed by atoms with Gasteiger partial charge in [0.25, 0.3) is 11.8 Å². The molecule has 1 saturated carbocycles. The molecule has 2 amide bonds. The Kier molecular flexibility index (Phi) is 5.30. The van der Waals surface area contributed by atoms with Crippen LogP contribution >= 0.6 is 22.9 Å². The topological polar surface area (TPSA) is 54.3 Å². The quantitative estimate of drug-likeness (QED) is 0.445. The van der Waals surface area contributed by atoms with Crippen LogP contribution in [0.1, 0.15) is 48.7 Å². The van der Waals surface area contributed by atoms with E-state index >= 15 is 0 Å². The number of halogens is 1. The normalized spacial score (nSPS) is 26.1. The molecule has 1 unspecified atom stereocenters. The number of fused-ring (bicyclic) bond motifs is 3. The van der Waals surface area contributed by atoms with Gasteiger partial charge in [0.15, 0.2) is 0 Å². The van der Waals surface area contributed by atoms with Crippen molar-refractivity contribution in [1.82, 2.24) is 14.8 Å². The molecule has 0 radical (unpaired) electrons. The van der Waals surface area contributed by atoms with E-state index in [1.54, 1.807) is 16.2 Å². The predicted molar refractivity (Wildman–Crippen MR) is 124 cm³/mol. The number of carbonyl (C=O) groups excluding carboxylic acids is 2. The van der Waals surface area contributed by atoms with E-state index in [0.717, 1.165) is 41.5 Å². The van der Waals surface area contributed by atoms with E-state index in [-0.39, 0.29) is 30.9 Å². The molecule has 5 nitrogen and oxygen atoms in total. The number of amides is 2. The number of nitrogens with one attached hydrogen (secondary N) is 1. The minimum absolute atomic E-state index is 0.111. The summed E-state index contributed by atoms with van der Waals surface area (Å²) in [6, 6.07) is 13.7. The maximum absolute atomic E-state index is 13.6. The van der Waals surface area contributed by atoms with Gasteiger partial charge >= 0.3 is 0 Å². The molecule has 0 bridgehead atoms. The van der Waals surface area contributed by atoms with Crippen molar-refractivity contribution in [3.63, 3.8) is 0 Å². The second kappa shape index (κ2) is 7.99. The summed E-state index contributed by atoms with van der Waals surface area (Å²) in [6.07, 6.45) is 4.11. The fraction of sp³-hybridized carbons (Fsp3) is 0.417. The van der Waals surface area contributed by atoms with E-state index in [0.29, 0.717) is 11.6 Å². The van der Waals surface area contributed by atoms with Crippen molar-refractivity contribution >= 4 is 45.0 Å². The molecule has 1 aliphatic heterocycles. The van der Waals surface area contributed by atoms with Gasteiger partial charge in [-0.2, -0.15) is 0 Å². The third-order valence-corrected chi connectivity index (χ3v) is 8.01. The fourth-order valence-corrected chi connectivity index (χ4v) is 5.91. The standard InChI is InChI=1S/C24H26ClN3O2S/c1-16-7-9-18(10-8-16)26-23(30)24(25)15-27-19-11-12-31-21(19)13-20(27)22(29)28(24)14-17-5-3-2-4-6-17/h2-6,11-13,16,18H,7-10,14-15H2,1H3,(H,26,30). The van der Waals surface area contributed by atoms with Crippen molar-refractivity contribution < 1.29 is 9.59 Å². The number of aromatic nitrogens is 1. The van der Waals surface area contributed by atoms with Crippen molar-refractivity contribution in [2.75, 3.05) is 0 Å². The third kappa shape index (κ3) is 3.66. The molecule has 0 saturated heterocycles. The highest BCUT2D eigenvalue weighted by Crippen LogP contribution is 2.38. The summed E-state index contributed by atoms with van der Waals surface area (Å²) in [5.74, 6) is 0.208. The van der Waals surface area contributed by atoms with Crippen LogP contribution in [-0.2, 0) is 17.9 Å². The van der Waals surface area contributed by atoms with Gasteiger partial charge in [-0.1, -0.05) is 48.9 Å². The first-order chi connectivity index (χ1) is 15.0. The first-order valence-electron chi connectivity index (χ1n) is 10.9. The molecule has 31 heavy (non-hydrogen) atoms. The lowest BCUT2D eigenvalue weighted by molar-refractivity contribution is -0.130. The first kappa shape index (κ1) is 20.6. The number of rotatable bonds is 4. The van der Waals surface area contributed by atoms with E-state index in [9.17, 15) is 9.59 Å².